The zero-order valence-electron chi connectivity index (χ0n) is 10.1. The maximum absolute atomic E-state index is 11.6. The van der Waals surface area contributed by atoms with Gasteiger partial charge in [-0.2, -0.15) is 5.10 Å². The van der Waals surface area contributed by atoms with E-state index in [2.05, 4.69) is 31.3 Å². The van der Waals surface area contributed by atoms with Crippen LogP contribution in [0.25, 0.3) is 0 Å². The van der Waals surface area contributed by atoms with Gasteiger partial charge in [-0.25, -0.2) is 9.67 Å². The second-order valence-electron chi connectivity index (χ2n) is 3.86. The van der Waals surface area contributed by atoms with Gasteiger partial charge in [0.1, 0.15) is 4.47 Å². The lowest BCUT2D eigenvalue weighted by molar-refractivity contribution is 0.703. The summed E-state index contributed by atoms with van der Waals surface area (Å²) < 4.78 is 1.80. The topological polar surface area (TPSA) is 59.8 Å². The molecule has 2 heterocycles. The van der Waals surface area contributed by atoms with E-state index in [4.69, 9.17) is 0 Å². The van der Waals surface area contributed by atoms with E-state index in [1.54, 1.807) is 24.6 Å². The molecule has 0 aromatic carbocycles. The van der Waals surface area contributed by atoms with Gasteiger partial charge >= 0.3 is 0 Å². The van der Waals surface area contributed by atoms with Gasteiger partial charge in [0.15, 0.2) is 0 Å². The van der Waals surface area contributed by atoms with Crippen molar-refractivity contribution in [2.24, 2.45) is 7.05 Å². The van der Waals surface area contributed by atoms with Gasteiger partial charge in [-0.05, 0) is 22.9 Å². The fourth-order valence-corrected chi connectivity index (χ4v) is 2.73. The maximum Gasteiger partial charge on any atom is 0.282 e. The van der Waals surface area contributed by atoms with Crippen LogP contribution < -0.4 is 10.9 Å². The van der Waals surface area contributed by atoms with Gasteiger partial charge in [0.05, 0.1) is 16.9 Å². The summed E-state index contributed by atoms with van der Waals surface area (Å²) in [4.78, 5) is 16.0. The lowest BCUT2D eigenvalue weighted by Gasteiger charge is -2.07. The molecule has 0 atom stereocenters. The highest BCUT2D eigenvalue weighted by molar-refractivity contribution is 9.10. The summed E-state index contributed by atoms with van der Waals surface area (Å²) in [6, 6.07) is 0. The molecule has 96 valence electrons. The normalized spacial score (nSPS) is 10.6. The molecule has 0 amide bonds. The smallest absolute Gasteiger partial charge is 0.282 e. The zero-order valence-corrected chi connectivity index (χ0v) is 12.5. The Morgan fingerprint density at radius 1 is 1.56 bits per heavy atom. The molecule has 18 heavy (non-hydrogen) atoms. The summed E-state index contributed by atoms with van der Waals surface area (Å²) in [7, 11) is 1.62. The zero-order chi connectivity index (χ0) is 13.1. The Morgan fingerprint density at radius 2 is 2.33 bits per heavy atom. The highest BCUT2D eigenvalue weighted by Gasteiger charge is 2.06. The number of halogens is 1. The van der Waals surface area contributed by atoms with Gasteiger partial charge < -0.3 is 5.32 Å². The third-order valence-corrected chi connectivity index (χ3v) is 4.19. The second-order valence-corrected chi connectivity index (χ2v) is 5.60. The van der Waals surface area contributed by atoms with E-state index in [1.165, 1.54) is 4.68 Å². The summed E-state index contributed by atoms with van der Waals surface area (Å²) >= 11 is 4.92. The number of nitrogens with one attached hydrogen (secondary N) is 1. The molecule has 0 spiro atoms. The molecule has 5 nitrogen and oxygen atoms in total. The standard InChI is InChI=1S/C11H13BrN4OS/c1-7-6-18-9(15-7)3-4-13-8-5-14-16(2)11(17)10(8)12/h5-6,13H,3-4H2,1-2H3. The van der Waals surface area contributed by atoms with Crippen LogP contribution >= 0.6 is 27.3 Å². The number of nitrogens with zero attached hydrogens (tertiary/aromatic N) is 3. The van der Waals surface area contributed by atoms with E-state index >= 15 is 0 Å². The molecule has 2 aromatic rings. The first-order valence-electron chi connectivity index (χ1n) is 5.44. The van der Waals surface area contributed by atoms with Gasteiger partial charge in [0.25, 0.3) is 5.56 Å². The predicted octanol–water partition coefficient (Wildman–Crippen LogP) is 1.96. The van der Waals surface area contributed by atoms with Crippen LogP contribution in [0.15, 0.2) is 20.8 Å². The van der Waals surface area contributed by atoms with Crippen LogP contribution in [0.5, 0.6) is 0 Å². The molecular formula is C11H13BrN4OS. The summed E-state index contributed by atoms with van der Waals surface area (Å²) in [5.74, 6) is 0. The summed E-state index contributed by atoms with van der Waals surface area (Å²) in [6.07, 6.45) is 2.47. The van der Waals surface area contributed by atoms with Crippen LogP contribution in [-0.4, -0.2) is 21.3 Å². The predicted molar refractivity (Wildman–Crippen MR) is 76.2 cm³/mol. The first-order valence-corrected chi connectivity index (χ1v) is 7.12. The Morgan fingerprint density at radius 3 is 3.00 bits per heavy atom. The van der Waals surface area contributed by atoms with Gasteiger partial charge in [-0.3, -0.25) is 4.79 Å². The molecular weight excluding hydrogens is 316 g/mol. The summed E-state index contributed by atoms with van der Waals surface area (Å²) in [5.41, 5.74) is 1.61. The SMILES string of the molecule is Cc1csc(CCNc2cnn(C)c(=O)c2Br)n1. The quantitative estimate of drug-likeness (QED) is 0.932. The molecule has 0 radical (unpaired) electrons. The van der Waals surface area contributed by atoms with Crippen molar-refractivity contribution in [2.75, 3.05) is 11.9 Å². The van der Waals surface area contributed by atoms with Crippen molar-refractivity contribution in [2.45, 2.75) is 13.3 Å². The minimum atomic E-state index is -0.148. The van der Waals surface area contributed by atoms with Crippen LogP contribution in [0.2, 0.25) is 0 Å². The Labute approximate surface area is 117 Å². The van der Waals surface area contributed by atoms with E-state index in [0.717, 1.165) is 23.7 Å². The molecule has 0 bridgehead atoms. The third kappa shape index (κ3) is 2.97. The number of hydrogen-bond donors (Lipinski definition) is 1. The number of aromatic nitrogens is 3. The van der Waals surface area contributed by atoms with Gasteiger partial charge in [0, 0.05) is 31.1 Å². The van der Waals surface area contributed by atoms with E-state index < -0.39 is 0 Å². The van der Waals surface area contributed by atoms with Crippen LogP contribution in [0, 0.1) is 6.92 Å². The fraction of sp³-hybridized carbons (Fsp3) is 0.364. The lowest BCUT2D eigenvalue weighted by atomic mass is 10.4. The largest absolute Gasteiger partial charge is 0.382 e. The minimum absolute atomic E-state index is 0.148. The van der Waals surface area contributed by atoms with Crippen molar-refractivity contribution in [3.8, 4) is 0 Å². The summed E-state index contributed by atoms with van der Waals surface area (Å²) in [5, 5.41) is 10.3. The average Bonchev–Trinajstić information content (AvgIpc) is 2.75. The monoisotopic (exact) mass is 328 g/mol. The molecule has 0 aliphatic rings. The van der Waals surface area contributed by atoms with Crippen molar-refractivity contribution >= 4 is 33.0 Å². The van der Waals surface area contributed by atoms with Gasteiger partial charge in [0.2, 0.25) is 0 Å². The highest BCUT2D eigenvalue weighted by atomic mass is 79.9. The average molecular weight is 329 g/mol. The Bertz CT molecular complexity index is 607. The number of hydrogen-bond acceptors (Lipinski definition) is 5. The molecule has 2 rings (SSSR count). The molecule has 0 saturated carbocycles. The number of anilines is 1. The van der Waals surface area contributed by atoms with Crippen molar-refractivity contribution < 1.29 is 0 Å². The number of aryl methyl sites for hydroxylation is 2. The molecule has 0 unspecified atom stereocenters. The lowest BCUT2D eigenvalue weighted by Crippen LogP contribution is -2.21. The van der Waals surface area contributed by atoms with Gasteiger partial charge in [-0.1, -0.05) is 0 Å². The highest BCUT2D eigenvalue weighted by Crippen LogP contribution is 2.16. The van der Waals surface area contributed by atoms with Crippen LogP contribution in [-0.2, 0) is 13.5 Å². The molecule has 0 saturated heterocycles. The van der Waals surface area contributed by atoms with Crippen molar-refractivity contribution in [3.63, 3.8) is 0 Å². The first kappa shape index (κ1) is 13.2. The van der Waals surface area contributed by atoms with Gasteiger partial charge in [-0.15, -0.1) is 11.3 Å². The number of rotatable bonds is 4. The first-order chi connectivity index (χ1) is 8.58. The van der Waals surface area contributed by atoms with E-state index in [9.17, 15) is 4.79 Å². The Hall–Kier alpha value is -1.21. The molecule has 2 aromatic heterocycles. The molecule has 0 aliphatic heterocycles. The maximum atomic E-state index is 11.6. The van der Waals surface area contributed by atoms with Crippen LogP contribution in [0.4, 0.5) is 5.69 Å². The van der Waals surface area contributed by atoms with Crippen LogP contribution in [0.1, 0.15) is 10.7 Å². The molecule has 1 N–H and O–H groups in total. The molecule has 0 aliphatic carbocycles. The van der Waals surface area contributed by atoms with Crippen molar-refractivity contribution in [3.05, 3.63) is 37.1 Å². The van der Waals surface area contributed by atoms with Crippen molar-refractivity contribution in [1.82, 2.24) is 14.8 Å². The summed E-state index contributed by atoms with van der Waals surface area (Å²) in [6.45, 7) is 2.70. The Kier molecular flexibility index (Phi) is 4.13. The van der Waals surface area contributed by atoms with E-state index in [1.807, 2.05) is 12.3 Å². The van der Waals surface area contributed by atoms with Crippen LogP contribution in [0.3, 0.4) is 0 Å². The second kappa shape index (κ2) is 5.62. The number of thiazole rings is 1. The van der Waals surface area contributed by atoms with Crippen molar-refractivity contribution in [1.29, 1.82) is 0 Å². The van der Waals surface area contributed by atoms with E-state index in [-0.39, 0.29) is 5.56 Å². The third-order valence-electron chi connectivity index (χ3n) is 2.40. The molecule has 0 fully saturated rings. The molecule has 7 heteroatoms. The van der Waals surface area contributed by atoms with E-state index in [0.29, 0.717) is 10.2 Å². The fourth-order valence-electron chi connectivity index (χ4n) is 1.46. The minimum Gasteiger partial charge on any atom is -0.382 e. The Balaban J connectivity index is 1.99.